The molecular weight excluding hydrogens is 320 g/mol. The second kappa shape index (κ2) is 6.21. The van der Waals surface area contributed by atoms with Crippen molar-refractivity contribution in [3.8, 4) is 0 Å². The van der Waals surface area contributed by atoms with E-state index in [1.165, 1.54) is 14.1 Å². The third-order valence-electron chi connectivity index (χ3n) is 4.38. The van der Waals surface area contributed by atoms with E-state index in [0.29, 0.717) is 12.6 Å². The number of aryl methyl sites for hydroxylation is 1. The topological polar surface area (TPSA) is 93.4 Å². The quantitative estimate of drug-likeness (QED) is 0.763. The van der Waals surface area contributed by atoms with Crippen LogP contribution in [0.25, 0.3) is 0 Å². The van der Waals surface area contributed by atoms with Crippen LogP contribution >= 0.6 is 0 Å². The first-order valence-corrected chi connectivity index (χ1v) is 9.06. The van der Waals surface area contributed by atoms with E-state index in [1.807, 2.05) is 6.92 Å². The summed E-state index contributed by atoms with van der Waals surface area (Å²) < 4.78 is 29.7. The van der Waals surface area contributed by atoms with E-state index in [9.17, 15) is 18.0 Å². The Bertz CT molecular complexity index is 809. The van der Waals surface area contributed by atoms with Gasteiger partial charge in [0.15, 0.2) is 4.90 Å². The van der Waals surface area contributed by atoms with Gasteiger partial charge in [-0.3, -0.25) is 14.3 Å². The first-order valence-electron chi connectivity index (χ1n) is 7.57. The second-order valence-corrected chi connectivity index (χ2v) is 8.19. The van der Waals surface area contributed by atoms with Crippen LogP contribution in [0.5, 0.6) is 0 Å². The molecule has 0 aliphatic carbocycles. The zero-order valence-electron chi connectivity index (χ0n) is 14.1. The van der Waals surface area contributed by atoms with Crippen molar-refractivity contribution < 1.29 is 8.42 Å². The molecule has 0 unspecified atom stereocenters. The standard InChI is InChI=1S/C14H24N4O4S/c1-9(2)18-6-10(3)11(7-18)15-23(21,22)12-8-16(4)14(20)17(5)13(12)19/h8-11,15H,6-7H2,1-5H3/t10-,11+/m1/s1. The lowest BCUT2D eigenvalue weighted by Crippen LogP contribution is -2.45. The van der Waals surface area contributed by atoms with Crippen molar-refractivity contribution in [3.63, 3.8) is 0 Å². The summed E-state index contributed by atoms with van der Waals surface area (Å²) in [5.74, 6) is 0.142. The molecule has 1 aromatic rings. The Balaban J connectivity index is 2.34. The van der Waals surface area contributed by atoms with Gasteiger partial charge in [0.1, 0.15) is 0 Å². The highest BCUT2D eigenvalue weighted by Crippen LogP contribution is 2.20. The van der Waals surface area contributed by atoms with Gasteiger partial charge >= 0.3 is 5.69 Å². The molecule has 1 saturated heterocycles. The predicted molar refractivity (Wildman–Crippen MR) is 86.9 cm³/mol. The monoisotopic (exact) mass is 344 g/mol. The van der Waals surface area contributed by atoms with Crippen molar-refractivity contribution in [2.75, 3.05) is 13.1 Å². The molecule has 0 aromatic carbocycles. The molecule has 23 heavy (non-hydrogen) atoms. The first kappa shape index (κ1) is 17.9. The first-order chi connectivity index (χ1) is 10.5. The van der Waals surface area contributed by atoms with Crippen LogP contribution in [-0.2, 0) is 24.1 Å². The number of hydrogen-bond donors (Lipinski definition) is 1. The number of hydrogen-bond acceptors (Lipinski definition) is 5. The van der Waals surface area contributed by atoms with Gasteiger partial charge in [-0.15, -0.1) is 0 Å². The number of nitrogens with one attached hydrogen (secondary N) is 1. The maximum absolute atomic E-state index is 12.6. The number of sulfonamides is 1. The maximum Gasteiger partial charge on any atom is 0.330 e. The molecule has 2 atom stereocenters. The summed E-state index contributed by atoms with van der Waals surface area (Å²) in [6.07, 6.45) is 1.08. The van der Waals surface area contributed by atoms with E-state index in [1.54, 1.807) is 0 Å². The highest BCUT2D eigenvalue weighted by Gasteiger charge is 2.35. The van der Waals surface area contributed by atoms with Gasteiger partial charge in [-0.1, -0.05) is 6.92 Å². The second-order valence-electron chi connectivity index (χ2n) is 6.50. The molecule has 1 N–H and O–H groups in total. The summed E-state index contributed by atoms with van der Waals surface area (Å²) in [6, 6.07) is 0.0710. The fraction of sp³-hybridized carbons (Fsp3) is 0.714. The summed E-state index contributed by atoms with van der Waals surface area (Å²) in [5, 5.41) is 0. The summed E-state index contributed by atoms with van der Waals surface area (Å²) in [7, 11) is -1.31. The van der Waals surface area contributed by atoms with Crippen molar-refractivity contribution in [2.24, 2.45) is 20.0 Å². The molecule has 1 aliphatic rings. The summed E-state index contributed by atoms with van der Waals surface area (Å²) >= 11 is 0. The lowest BCUT2D eigenvalue weighted by atomic mass is 10.1. The van der Waals surface area contributed by atoms with Crippen molar-refractivity contribution in [1.82, 2.24) is 18.8 Å². The summed E-state index contributed by atoms with van der Waals surface area (Å²) in [4.78, 5) is 25.6. The molecule has 0 bridgehead atoms. The van der Waals surface area contributed by atoms with Crippen LogP contribution in [0.4, 0.5) is 0 Å². The molecule has 2 rings (SSSR count). The molecule has 1 aliphatic heterocycles. The summed E-state index contributed by atoms with van der Waals surface area (Å²) in [5.41, 5.74) is -1.37. The van der Waals surface area contributed by atoms with Gasteiger partial charge in [0.05, 0.1) is 0 Å². The van der Waals surface area contributed by atoms with Gasteiger partial charge in [-0.25, -0.2) is 17.9 Å². The van der Waals surface area contributed by atoms with Gasteiger partial charge < -0.3 is 4.57 Å². The van der Waals surface area contributed by atoms with E-state index in [4.69, 9.17) is 0 Å². The van der Waals surface area contributed by atoms with E-state index in [2.05, 4.69) is 23.5 Å². The van der Waals surface area contributed by atoms with Gasteiger partial charge in [-0.05, 0) is 19.8 Å². The van der Waals surface area contributed by atoms with Crippen LogP contribution in [0.15, 0.2) is 20.7 Å². The molecule has 0 radical (unpaired) electrons. The molecule has 9 heteroatoms. The Morgan fingerprint density at radius 2 is 1.83 bits per heavy atom. The van der Waals surface area contributed by atoms with Crippen LogP contribution in [0.1, 0.15) is 20.8 Å². The Morgan fingerprint density at radius 3 is 2.35 bits per heavy atom. The molecule has 0 spiro atoms. The fourth-order valence-corrected chi connectivity index (χ4v) is 4.30. The minimum atomic E-state index is -3.99. The third-order valence-corrected chi connectivity index (χ3v) is 5.85. The van der Waals surface area contributed by atoms with E-state index in [-0.39, 0.29) is 12.0 Å². The SMILES string of the molecule is CC(C)N1C[C@@H](C)[C@@H](NS(=O)(=O)c2cn(C)c(=O)n(C)c2=O)C1. The van der Waals surface area contributed by atoms with Crippen molar-refractivity contribution in [1.29, 1.82) is 0 Å². The molecule has 1 aromatic heterocycles. The molecule has 8 nitrogen and oxygen atoms in total. The smallest absolute Gasteiger partial charge is 0.302 e. The van der Waals surface area contributed by atoms with E-state index in [0.717, 1.165) is 21.9 Å². The van der Waals surface area contributed by atoms with Gasteiger partial charge in [0.2, 0.25) is 10.0 Å². The van der Waals surface area contributed by atoms with Gasteiger partial charge in [0.25, 0.3) is 5.56 Å². The third kappa shape index (κ3) is 3.41. The van der Waals surface area contributed by atoms with E-state index >= 15 is 0 Å². The van der Waals surface area contributed by atoms with Crippen LogP contribution in [0.2, 0.25) is 0 Å². The number of nitrogens with zero attached hydrogens (tertiary/aromatic N) is 3. The average Bonchev–Trinajstić information content (AvgIpc) is 2.81. The van der Waals surface area contributed by atoms with Crippen molar-refractivity contribution in [2.45, 2.75) is 37.8 Å². The van der Waals surface area contributed by atoms with Crippen molar-refractivity contribution in [3.05, 3.63) is 27.0 Å². The Hall–Kier alpha value is -1.45. The average molecular weight is 344 g/mol. The van der Waals surface area contributed by atoms with E-state index < -0.39 is 26.2 Å². The maximum atomic E-state index is 12.6. The number of aromatic nitrogens is 2. The Labute approximate surface area is 135 Å². The van der Waals surface area contributed by atoms with Crippen LogP contribution in [0.3, 0.4) is 0 Å². The van der Waals surface area contributed by atoms with Crippen LogP contribution in [0, 0.1) is 5.92 Å². The molecule has 2 heterocycles. The van der Waals surface area contributed by atoms with Gasteiger partial charge in [-0.2, -0.15) is 0 Å². The highest BCUT2D eigenvalue weighted by molar-refractivity contribution is 7.89. The minimum Gasteiger partial charge on any atom is -0.302 e. The van der Waals surface area contributed by atoms with Crippen LogP contribution in [-0.4, -0.2) is 47.6 Å². The van der Waals surface area contributed by atoms with Crippen LogP contribution < -0.4 is 16.0 Å². The largest absolute Gasteiger partial charge is 0.330 e. The molecule has 1 fully saturated rings. The molecule has 130 valence electrons. The zero-order chi connectivity index (χ0) is 17.5. The lowest BCUT2D eigenvalue weighted by molar-refractivity contribution is 0.265. The van der Waals surface area contributed by atoms with Crippen molar-refractivity contribution >= 4 is 10.0 Å². The minimum absolute atomic E-state index is 0.142. The normalized spacial score (nSPS) is 22.9. The molecule has 0 saturated carbocycles. The number of rotatable bonds is 4. The van der Waals surface area contributed by atoms with Gasteiger partial charge in [0, 0.05) is 45.5 Å². The Kier molecular flexibility index (Phi) is 4.84. The zero-order valence-corrected chi connectivity index (χ0v) is 14.9. The molecular formula is C14H24N4O4S. The summed E-state index contributed by atoms with van der Waals surface area (Å²) in [6.45, 7) is 7.51. The molecule has 0 amide bonds. The number of likely N-dealkylation sites (tertiary alicyclic amines) is 1. The fourth-order valence-electron chi connectivity index (χ4n) is 2.80. The predicted octanol–water partition coefficient (Wildman–Crippen LogP) is -0.909. The Morgan fingerprint density at radius 1 is 1.22 bits per heavy atom. The highest BCUT2D eigenvalue weighted by atomic mass is 32.2. The lowest BCUT2D eigenvalue weighted by Gasteiger charge is -2.20.